The lowest BCUT2D eigenvalue weighted by atomic mass is 10.0. The highest BCUT2D eigenvalue weighted by Crippen LogP contribution is 2.02. The van der Waals surface area contributed by atoms with E-state index in [0.29, 0.717) is 0 Å². The fraction of sp³-hybridized carbons (Fsp3) is 0.778. The van der Waals surface area contributed by atoms with Gasteiger partial charge < -0.3 is 20.9 Å². The number of nitrogens with two attached hydrogens (primary N) is 1. The lowest BCUT2D eigenvalue weighted by Gasteiger charge is -2.23. The van der Waals surface area contributed by atoms with Gasteiger partial charge in [-0.1, -0.05) is 13.3 Å². The molecule has 4 N–H and O–H groups in total. The fourth-order valence-corrected chi connectivity index (χ4v) is 0.762. The SMILES string of the molecule is CCCCOC(=O)N[C@@](C)(CN)C(=O)O. The summed E-state index contributed by atoms with van der Waals surface area (Å²) in [5.41, 5.74) is 3.79. The number of aliphatic carboxylic acids is 1. The molecule has 0 aliphatic rings. The largest absolute Gasteiger partial charge is 0.479 e. The van der Waals surface area contributed by atoms with E-state index in [1.807, 2.05) is 6.92 Å². The maximum Gasteiger partial charge on any atom is 0.408 e. The van der Waals surface area contributed by atoms with Crippen molar-refractivity contribution in [2.24, 2.45) is 5.73 Å². The Morgan fingerprint density at radius 2 is 2.13 bits per heavy atom. The molecule has 0 aromatic rings. The first-order valence-corrected chi connectivity index (χ1v) is 4.84. The van der Waals surface area contributed by atoms with Gasteiger partial charge in [0, 0.05) is 6.54 Å². The first kappa shape index (κ1) is 13.7. The Balaban J connectivity index is 4.08. The van der Waals surface area contributed by atoms with Crippen LogP contribution in [-0.2, 0) is 9.53 Å². The second kappa shape index (κ2) is 6.23. The van der Waals surface area contributed by atoms with Crippen LogP contribution >= 0.6 is 0 Å². The molecule has 0 saturated carbocycles. The first-order chi connectivity index (χ1) is 6.96. The number of nitrogens with one attached hydrogen (secondary N) is 1. The molecular weight excluding hydrogens is 200 g/mol. The summed E-state index contributed by atoms with van der Waals surface area (Å²) < 4.78 is 4.76. The molecule has 6 nitrogen and oxygen atoms in total. The molecule has 0 aromatic carbocycles. The van der Waals surface area contributed by atoms with E-state index >= 15 is 0 Å². The molecule has 88 valence electrons. The zero-order chi connectivity index (χ0) is 11.9. The second-order valence-electron chi connectivity index (χ2n) is 3.46. The van der Waals surface area contributed by atoms with E-state index in [-0.39, 0.29) is 13.2 Å². The maximum atomic E-state index is 11.1. The van der Waals surface area contributed by atoms with E-state index in [1.54, 1.807) is 0 Å². The van der Waals surface area contributed by atoms with Crippen molar-refractivity contribution in [1.82, 2.24) is 5.32 Å². The number of carboxylic acid groups (broad SMARTS) is 1. The van der Waals surface area contributed by atoms with Gasteiger partial charge in [-0.05, 0) is 13.3 Å². The normalized spacial score (nSPS) is 14.1. The van der Waals surface area contributed by atoms with Gasteiger partial charge >= 0.3 is 12.1 Å². The van der Waals surface area contributed by atoms with Crippen molar-refractivity contribution in [2.45, 2.75) is 32.2 Å². The van der Waals surface area contributed by atoms with E-state index in [9.17, 15) is 9.59 Å². The van der Waals surface area contributed by atoms with Crippen LogP contribution in [0.3, 0.4) is 0 Å². The highest BCUT2D eigenvalue weighted by molar-refractivity contribution is 5.84. The number of rotatable bonds is 6. The summed E-state index contributed by atoms with van der Waals surface area (Å²) in [5, 5.41) is 11.0. The van der Waals surface area contributed by atoms with Gasteiger partial charge in [-0.3, -0.25) is 0 Å². The van der Waals surface area contributed by atoms with Crippen molar-refractivity contribution < 1.29 is 19.4 Å². The van der Waals surface area contributed by atoms with Crippen LogP contribution in [-0.4, -0.2) is 35.9 Å². The quantitative estimate of drug-likeness (QED) is 0.557. The van der Waals surface area contributed by atoms with Crippen LogP contribution in [0.25, 0.3) is 0 Å². The summed E-state index contributed by atoms with van der Waals surface area (Å²) in [5.74, 6) is -1.18. The van der Waals surface area contributed by atoms with Gasteiger partial charge in [0.2, 0.25) is 0 Å². The predicted octanol–water partition coefficient (Wildman–Crippen LogP) is 0.315. The number of hydrogen-bond acceptors (Lipinski definition) is 4. The van der Waals surface area contributed by atoms with Crippen LogP contribution in [0.15, 0.2) is 0 Å². The first-order valence-electron chi connectivity index (χ1n) is 4.84. The van der Waals surface area contributed by atoms with Crippen LogP contribution in [0, 0.1) is 0 Å². The van der Waals surface area contributed by atoms with Gasteiger partial charge in [-0.15, -0.1) is 0 Å². The maximum absolute atomic E-state index is 11.1. The molecule has 0 bridgehead atoms. The topological polar surface area (TPSA) is 102 Å². The van der Waals surface area contributed by atoms with Crippen LogP contribution in [0.4, 0.5) is 4.79 Å². The third kappa shape index (κ3) is 4.64. The number of amides is 1. The number of ether oxygens (including phenoxy) is 1. The van der Waals surface area contributed by atoms with Crippen LogP contribution in [0.5, 0.6) is 0 Å². The molecule has 0 heterocycles. The third-order valence-electron chi connectivity index (χ3n) is 1.99. The van der Waals surface area contributed by atoms with Crippen molar-refractivity contribution in [2.75, 3.05) is 13.2 Å². The molecule has 6 heteroatoms. The molecule has 0 spiro atoms. The number of carbonyl (C=O) groups is 2. The van der Waals surface area contributed by atoms with Crippen molar-refractivity contribution >= 4 is 12.1 Å². The fourth-order valence-electron chi connectivity index (χ4n) is 0.762. The van der Waals surface area contributed by atoms with Gasteiger partial charge in [0.05, 0.1) is 6.61 Å². The molecule has 1 atom stereocenters. The average Bonchev–Trinajstić information content (AvgIpc) is 2.17. The Morgan fingerprint density at radius 3 is 2.53 bits per heavy atom. The summed E-state index contributed by atoms with van der Waals surface area (Å²) >= 11 is 0. The minimum Gasteiger partial charge on any atom is -0.479 e. The predicted molar refractivity (Wildman–Crippen MR) is 54.5 cm³/mol. The van der Waals surface area contributed by atoms with Crippen molar-refractivity contribution in [3.8, 4) is 0 Å². The molecular formula is C9H18N2O4. The number of unbranched alkanes of at least 4 members (excludes halogenated alkanes) is 1. The van der Waals surface area contributed by atoms with Crippen LogP contribution < -0.4 is 11.1 Å². The summed E-state index contributed by atoms with van der Waals surface area (Å²) in [6.07, 6.45) is 0.902. The Kier molecular flexibility index (Phi) is 5.69. The van der Waals surface area contributed by atoms with Crippen molar-refractivity contribution in [1.29, 1.82) is 0 Å². The minimum atomic E-state index is -1.47. The lowest BCUT2D eigenvalue weighted by molar-refractivity contribution is -0.143. The van der Waals surface area contributed by atoms with E-state index < -0.39 is 17.6 Å². The summed E-state index contributed by atoms with van der Waals surface area (Å²) in [6.45, 7) is 3.38. The smallest absolute Gasteiger partial charge is 0.408 e. The molecule has 0 saturated heterocycles. The third-order valence-corrected chi connectivity index (χ3v) is 1.99. The van der Waals surface area contributed by atoms with Gasteiger partial charge in [0.1, 0.15) is 5.54 Å². The molecule has 0 unspecified atom stereocenters. The number of hydrogen-bond donors (Lipinski definition) is 3. The average molecular weight is 218 g/mol. The van der Waals surface area contributed by atoms with Gasteiger partial charge in [0.25, 0.3) is 0 Å². The monoisotopic (exact) mass is 218 g/mol. The van der Waals surface area contributed by atoms with Crippen LogP contribution in [0.2, 0.25) is 0 Å². The zero-order valence-corrected chi connectivity index (χ0v) is 9.08. The summed E-state index contributed by atoms with van der Waals surface area (Å²) in [4.78, 5) is 21.9. The molecule has 1 amide bonds. The summed E-state index contributed by atoms with van der Waals surface area (Å²) in [7, 11) is 0. The Labute approximate surface area is 88.8 Å². The van der Waals surface area contributed by atoms with Crippen LogP contribution in [0.1, 0.15) is 26.7 Å². The lowest BCUT2D eigenvalue weighted by Crippen LogP contribution is -2.57. The molecule has 0 rings (SSSR count). The Bertz CT molecular complexity index is 232. The van der Waals surface area contributed by atoms with Gasteiger partial charge in [-0.25, -0.2) is 9.59 Å². The molecule has 0 aliphatic carbocycles. The van der Waals surface area contributed by atoms with E-state index in [0.717, 1.165) is 12.8 Å². The Hall–Kier alpha value is -1.30. The zero-order valence-electron chi connectivity index (χ0n) is 9.08. The second-order valence-corrected chi connectivity index (χ2v) is 3.46. The number of carboxylic acids is 1. The van der Waals surface area contributed by atoms with Crippen molar-refractivity contribution in [3.63, 3.8) is 0 Å². The van der Waals surface area contributed by atoms with Crippen molar-refractivity contribution in [3.05, 3.63) is 0 Å². The Morgan fingerprint density at radius 1 is 1.53 bits per heavy atom. The highest BCUT2D eigenvalue weighted by Gasteiger charge is 2.33. The van der Waals surface area contributed by atoms with E-state index in [1.165, 1.54) is 6.92 Å². The summed E-state index contributed by atoms with van der Waals surface area (Å²) in [6, 6.07) is 0. The molecule has 0 radical (unpaired) electrons. The van der Waals surface area contributed by atoms with E-state index in [2.05, 4.69) is 5.32 Å². The standard InChI is InChI=1S/C9H18N2O4/c1-3-4-5-15-8(14)11-9(2,6-10)7(12)13/h3-6,10H2,1-2H3,(H,11,14)(H,12,13)/t9-/m0/s1. The number of carbonyl (C=O) groups excluding carboxylic acids is 1. The van der Waals surface area contributed by atoms with Gasteiger partial charge in [-0.2, -0.15) is 0 Å². The molecule has 0 fully saturated rings. The highest BCUT2D eigenvalue weighted by atomic mass is 16.5. The number of alkyl carbamates (subject to hydrolysis) is 1. The van der Waals surface area contributed by atoms with E-state index in [4.69, 9.17) is 15.6 Å². The molecule has 0 aliphatic heterocycles. The molecule has 15 heavy (non-hydrogen) atoms. The van der Waals surface area contributed by atoms with Gasteiger partial charge in [0.15, 0.2) is 0 Å². The minimum absolute atomic E-state index is 0.189. The molecule has 0 aromatic heterocycles.